The van der Waals surface area contributed by atoms with Crippen LogP contribution < -0.4 is 10.6 Å². The van der Waals surface area contributed by atoms with Crippen LogP contribution in [0.4, 0.5) is 11.6 Å². The molecule has 0 radical (unpaired) electrons. The van der Waals surface area contributed by atoms with Crippen molar-refractivity contribution in [3.63, 3.8) is 0 Å². The first-order valence-corrected chi connectivity index (χ1v) is 5.75. The number of anilines is 2. The van der Waals surface area contributed by atoms with E-state index in [2.05, 4.69) is 20.6 Å². The van der Waals surface area contributed by atoms with Crippen LogP contribution in [0.3, 0.4) is 0 Å². The van der Waals surface area contributed by atoms with Crippen LogP contribution in [-0.4, -0.2) is 45.5 Å². The first-order valence-electron chi connectivity index (χ1n) is 5.75. The van der Waals surface area contributed by atoms with Crippen LogP contribution in [0.1, 0.15) is 20.3 Å². The van der Waals surface area contributed by atoms with Gasteiger partial charge in [-0.2, -0.15) is 0 Å². The number of aromatic nitrogens is 2. The van der Waals surface area contributed by atoms with E-state index in [1.165, 1.54) is 0 Å². The predicted octanol–water partition coefficient (Wildman–Crippen LogP) is 0.454. The topological polar surface area (TPSA) is 90.3 Å². The zero-order valence-electron chi connectivity index (χ0n) is 10.3. The molecule has 1 aromatic rings. The molecule has 6 heteroatoms. The third kappa shape index (κ3) is 3.54. The highest BCUT2D eigenvalue weighted by Gasteiger charge is 2.26. The average Bonchev–Trinajstić information content (AvgIpc) is 2.37. The predicted molar refractivity (Wildman–Crippen MR) is 67.0 cm³/mol. The molecule has 96 valence electrons. The second-order valence-electron chi connectivity index (χ2n) is 3.89. The molecule has 0 fully saturated rings. The highest BCUT2D eigenvalue weighted by Crippen LogP contribution is 2.17. The Kier molecular flexibility index (Phi) is 5.11. The normalized spacial score (nSPS) is 11.3. The molecule has 0 atom stereocenters. The van der Waals surface area contributed by atoms with Crippen molar-refractivity contribution in [3.8, 4) is 0 Å². The fraction of sp³-hybridized carbons (Fsp3) is 0.636. The van der Waals surface area contributed by atoms with Crippen LogP contribution in [0.5, 0.6) is 0 Å². The molecule has 1 heterocycles. The average molecular weight is 240 g/mol. The van der Waals surface area contributed by atoms with Crippen molar-refractivity contribution in [2.75, 3.05) is 30.4 Å². The van der Waals surface area contributed by atoms with Gasteiger partial charge in [-0.3, -0.25) is 4.98 Å². The van der Waals surface area contributed by atoms with Crippen LogP contribution in [0.15, 0.2) is 12.4 Å². The molecule has 0 unspecified atom stereocenters. The van der Waals surface area contributed by atoms with E-state index in [-0.39, 0.29) is 13.2 Å². The minimum atomic E-state index is -0.750. The van der Waals surface area contributed by atoms with Gasteiger partial charge in [-0.25, -0.2) is 4.98 Å². The summed E-state index contributed by atoms with van der Waals surface area (Å²) in [5, 5.41) is 24.7. The molecular weight excluding hydrogens is 220 g/mol. The Morgan fingerprint density at radius 1 is 1.18 bits per heavy atom. The second kappa shape index (κ2) is 6.36. The first kappa shape index (κ1) is 13.7. The van der Waals surface area contributed by atoms with Crippen LogP contribution in [0, 0.1) is 0 Å². The zero-order valence-corrected chi connectivity index (χ0v) is 10.3. The Bertz CT molecular complexity index is 334. The van der Waals surface area contributed by atoms with Gasteiger partial charge in [-0.1, -0.05) is 6.92 Å². The Morgan fingerprint density at radius 2 is 1.82 bits per heavy atom. The molecule has 0 saturated carbocycles. The third-order valence-corrected chi connectivity index (χ3v) is 2.67. The molecule has 0 aliphatic rings. The number of aliphatic hydroxyl groups is 2. The van der Waals surface area contributed by atoms with Gasteiger partial charge in [0, 0.05) is 6.54 Å². The molecule has 0 aliphatic heterocycles. The molecule has 4 N–H and O–H groups in total. The summed E-state index contributed by atoms with van der Waals surface area (Å²) in [6.07, 6.45) is 3.78. The van der Waals surface area contributed by atoms with Gasteiger partial charge in [0.1, 0.15) is 11.6 Å². The molecule has 0 spiro atoms. The summed E-state index contributed by atoms with van der Waals surface area (Å²) in [4.78, 5) is 8.32. The maximum atomic E-state index is 9.32. The minimum absolute atomic E-state index is 0.160. The lowest BCUT2D eigenvalue weighted by Crippen LogP contribution is -2.45. The van der Waals surface area contributed by atoms with E-state index in [4.69, 9.17) is 0 Å². The summed E-state index contributed by atoms with van der Waals surface area (Å²) in [6, 6.07) is 0. The number of hydrogen-bond acceptors (Lipinski definition) is 6. The van der Waals surface area contributed by atoms with Crippen molar-refractivity contribution in [1.29, 1.82) is 0 Å². The Morgan fingerprint density at radius 3 is 2.35 bits per heavy atom. The summed E-state index contributed by atoms with van der Waals surface area (Å²) in [5.74, 6) is 1.20. The molecule has 0 saturated heterocycles. The maximum Gasteiger partial charge on any atom is 0.147 e. The number of rotatable bonds is 7. The molecule has 6 nitrogen and oxygen atoms in total. The fourth-order valence-electron chi connectivity index (χ4n) is 1.41. The molecule has 1 aromatic heterocycles. The highest BCUT2D eigenvalue weighted by molar-refractivity contribution is 5.43. The van der Waals surface area contributed by atoms with Gasteiger partial charge in [0.2, 0.25) is 0 Å². The van der Waals surface area contributed by atoms with E-state index in [0.717, 1.165) is 6.54 Å². The highest BCUT2D eigenvalue weighted by atomic mass is 16.3. The lowest BCUT2D eigenvalue weighted by molar-refractivity contribution is 0.132. The van der Waals surface area contributed by atoms with E-state index in [9.17, 15) is 10.2 Å². The fourth-order valence-corrected chi connectivity index (χ4v) is 1.41. The van der Waals surface area contributed by atoms with Crippen molar-refractivity contribution in [1.82, 2.24) is 9.97 Å². The number of aliphatic hydroxyl groups excluding tert-OH is 2. The summed E-state index contributed by atoms with van der Waals surface area (Å²) in [5.41, 5.74) is -0.750. The Hall–Kier alpha value is -1.40. The molecule has 0 aliphatic carbocycles. The quantitative estimate of drug-likeness (QED) is 0.553. The van der Waals surface area contributed by atoms with Crippen molar-refractivity contribution in [3.05, 3.63) is 12.4 Å². The van der Waals surface area contributed by atoms with Gasteiger partial charge in [0.15, 0.2) is 0 Å². The van der Waals surface area contributed by atoms with E-state index in [1.807, 2.05) is 13.8 Å². The monoisotopic (exact) mass is 240 g/mol. The van der Waals surface area contributed by atoms with Crippen LogP contribution in [0.2, 0.25) is 0 Å². The van der Waals surface area contributed by atoms with Crippen LogP contribution >= 0.6 is 0 Å². The van der Waals surface area contributed by atoms with Crippen molar-refractivity contribution in [2.24, 2.45) is 0 Å². The van der Waals surface area contributed by atoms with Gasteiger partial charge >= 0.3 is 0 Å². The van der Waals surface area contributed by atoms with Gasteiger partial charge < -0.3 is 20.8 Å². The summed E-state index contributed by atoms with van der Waals surface area (Å²) in [7, 11) is 0. The van der Waals surface area contributed by atoms with E-state index in [1.54, 1.807) is 12.4 Å². The standard InChI is InChI=1S/C11H20N4O2/c1-3-11(7-16,8-17)15-10-6-12-5-9(14-10)13-4-2/h5-6,16-17H,3-4,7-8H2,1-2H3,(H2,13,14,15). The number of nitrogens with zero attached hydrogens (tertiary/aromatic N) is 2. The SMILES string of the molecule is CCNc1cncc(NC(CC)(CO)CO)n1. The largest absolute Gasteiger partial charge is 0.394 e. The smallest absolute Gasteiger partial charge is 0.147 e. The molecule has 0 aromatic carbocycles. The van der Waals surface area contributed by atoms with Crippen molar-refractivity contribution >= 4 is 11.6 Å². The van der Waals surface area contributed by atoms with E-state index >= 15 is 0 Å². The lowest BCUT2D eigenvalue weighted by atomic mass is 9.99. The number of hydrogen-bond donors (Lipinski definition) is 4. The second-order valence-corrected chi connectivity index (χ2v) is 3.89. The minimum Gasteiger partial charge on any atom is -0.394 e. The summed E-state index contributed by atoms with van der Waals surface area (Å²) in [6.45, 7) is 4.30. The Labute approximate surface area is 101 Å². The van der Waals surface area contributed by atoms with Crippen molar-refractivity contribution < 1.29 is 10.2 Å². The van der Waals surface area contributed by atoms with Crippen molar-refractivity contribution in [2.45, 2.75) is 25.8 Å². The van der Waals surface area contributed by atoms with Crippen LogP contribution in [-0.2, 0) is 0 Å². The molecule has 1 rings (SSSR count). The molecule has 0 bridgehead atoms. The summed E-state index contributed by atoms with van der Waals surface area (Å²) < 4.78 is 0. The molecular formula is C11H20N4O2. The molecule has 17 heavy (non-hydrogen) atoms. The van der Waals surface area contributed by atoms with E-state index < -0.39 is 5.54 Å². The maximum absolute atomic E-state index is 9.32. The number of nitrogens with one attached hydrogen (secondary N) is 2. The van der Waals surface area contributed by atoms with Gasteiger partial charge in [-0.15, -0.1) is 0 Å². The first-order chi connectivity index (χ1) is 8.19. The van der Waals surface area contributed by atoms with Gasteiger partial charge in [-0.05, 0) is 13.3 Å². The van der Waals surface area contributed by atoms with E-state index in [0.29, 0.717) is 18.1 Å². The third-order valence-electron chi connectivity index (χ3n) is 2.67. The summed E-state index contributed by atoms with van der Waals surface area (Å²) >= 11 is 0. The van der Waals surface area contributed by atoms with Crippen LogP contribution in [0.25, 0.3) is 0 Å². The zero-order chi connectivity index (χ0) is 12.7. The van der Waals surface area contributed by atoms with Gasteiger partial charge in [0.05, 0.1) is 31.1 Å². The lowest BCUT2D eigenvalue weighted by Gasteiger charge is -2.30. The molecule has 0 amide bonds. The Balaban J connectivity index is 2.82. The van der Waals surface area contributed by atoms with Gasteiger partial charge in [0.25, 0.3) is 0 Å².